The van der Waals surface area contributed by atoms with Crippen LogP contribution in [0.1, 0.15) is 17.3 Å². The summed E-state index contributed by atoms with van der Waals surface area (Å²) in [5, 5.41) is 10.9. The van der Waals surface area contributed by atoms with E-state index in [4.69, 9.17) is 9.98 Å². The molecule has 0 bridgehead atoms. The van der Waals surface area contributed by atoms with Crippen molar-refractivity contribution in [1.82, 2.24) is 9.88 Å². The Balaban J connectivity index is 1.27. The predicted molar refractivity (Wildman–Crippen MR) is 188 cm³/mol. The Bertz CT molecular complexity index is 2450. The van der Waals surface area contributed by atoms with E-state index < -0.39 is 0 Å². The summed E-state index contributed by atoms with van der Waals surface area (Å²) in [5.41, 5.74) is 6.75. The fraction of sp³-hybridized carbons (Fsp3) is 0.0244. The number of nitrogens with zero attached hydrogens (tertiary/aromatic N) is 3. The topological polar surface area (TPSA) is 41.7 Å². The van der Waals surface area contributed by atoms with Gasteiger partial charge >= 0.3 is 0 Å². The normalized spacial score (nSPS) is 14.9. The third-order valence-electron chi connectivity index (χ3n) is 8.85. The molecule has 1 N–H and O–H groups in total. The summed E-state index contributed by atoms with van der Waals surface area (Å²) in [4.78, 5) is 10.4. The number of benzene rings is 7. The van der Waals surface area contributed by atoms with Crippen LogP contribution < -0.4 is 5.32 Å². The third-order valence-corrected chi connectivity index (χ3v) is 8.85. The second kappa shape index (κ2) is 10.3. The molecule has 4 heteroatoms. The number of amidine groups is 1. The Hall–Kier alpha value is -6.00. The molecule has 0 saturated heterocycles. The lowest BCUT2D eigenvalue weighted by Gasteiger charge is -2.24. The molecule has 0 saturated carbocycles. The van der Waals surface area contributed by atoms with E-state index in [-0.39, 0.29) is 6.17 Å². The first-order chi connectivity index (χ1) is 22.3. The van der Waals surface area contributed by atoms with Crippen molar-refractivity contribution in [1.29, 1.82) is 0 Å². The quantitative estimate of drug-likeness (QED) is 0.224. The average Bonchev–Trinajstić information content (AvgIpc) is 3.46. The van der Waals surface area contributed by atoms with Crippen LogP contribution >= 0.6 is 0 Å². The Morgan fingerprint density at radius 3 is 2.11 bits per heavy atom. The first-order valence-electron chi connectivity index (χ1n) is 15.3. The van der Waals surface area contributed by atoms with Gasteiger partial charge in [0.1, 0.15) is 12.0 Å². The van der Waals surface area contributed by atoms with E-state index in [0.717, 1.165) is 28.0 Å². The molecule has 45 heavy (non-hydrogen) atoms. The van der Waals surface area contributed by atoms with Crippen molar-refractivity contribution in [2.75, 3.05) is 0 Å². The number of fused-ring (bicyclic) bond motifs is 6. The van der Waals surface area contributed by atoms with Crippen LogP contribution in [0.3, 0.4) is 0 Å². The Morgan fingerprint density at radius 2 is 1.24 bits per heavy atom. The summed E-state index contributed by atoms with van der Waals surface area (Å²) in [6, 6.07) is 55.7. The molecule has 1 atom stereocenters. The van der Waals surface area contributed by atoms with E-state index in [9.17, 15) is 0 Å². The van der Waals surface area contributed by atoms with Crippen molar-refractivity contribution >= 4 is 55.1 Å². The van der Waals surface area contributed by atoms with E-state index in [2.05, 4.69) is 143 Å². The van der Waals surface area contributed by atoms with Gasteiger partial charge in [-0.05, 0) is 56.4 Å². The smallest absolute Gasteiger partial charge is 0.234 e. The summed E-state index contributed by atoms with van der Waals surface area (Å²) in [7, 11) is 0. The molecule has 8 aromatic rings. The van der Waals surface area contributed by atoms with Crippen molar-refractivity contribution in [2.45, 2.75) is 6.17 Å². The molecule has 1 aromatic heterocycles. The molecule has 4 nitrogen and oxygen atoms in total. The van der Waals surface area contributed by atoms with Gasteiger partial charge in [0.15, 0.2) is 0 Å². The molecule has 0 aliphatic carbocycles. The minimum atomic E-state index is -0.270. The van der Waals surface area contributed by atoms with E-state index in [1.54, 1.807) is 0 Å². The summed E-state index contributed by atoms with van der Waals surface area (Å²) >= 11 is 0. The van der Waals surface area contributed by atoms with Crippen LogP contribution in [0.2, 0.25) is 0 Å². The highest BCUT2D eigenvalue weighted by atomic mass is 15.3. The van der Waals surface area contributed by atoms with Gasteiger partial charge in [-0.3, -0.25) is 4.57 Å². The molecule has 7 aromatic carbocycles. The number of aliphatic imine (C=N–C) groups is 2. The second-order valence-corrected chi connectivity index (χ2v) is 11.5. The Labute approximate surface area is 260 Å². The van der Waals surface area contributed by atoms with Crippen molar-refractivity contribution in [3.63, 3.8) is 0 Å². The maximum absolute atomic E-state index is 5.21. The Morgan fingerprint density at radius 1 is 0.511 bits per heavy atom. The van der Waals surface area contributed by atoms with Gasteiger partial charge in [0.2, 0.25) is 5.96 Å². The fourth-order valence-corrected chi connectivity index (χ4v) is 6.74. The lowest BCUT2D eigenvalue weighted by Crippen LogP contribution is -2.35. The third kappa shape index (κ3) is 4.22. The predicted octanol–water partition coefficient (Wildman–Crippen LogP) is 9.72. The maximum atomic E-state index is 5.21. The molecular formula is C41H28N4. The van der Waals surface area contributed by atoms with Crippen LogP contribution in [0.5, 0.6) is 0 Å². The van der Waals surface area contributed by atoms with Gasteiger partial charge in [0.05, 0.1) is 11.0 Å². The van der Waals surface area contributed by atoms with Gasteiger partial charge in [-0.1, -0.05) is 140 Å². The molecule has 1 aliphatic rings. The lowest BCUT2D eigenvalue weighted by molar-refractivity contribution is 0.668. The van der Waals surface area contributed by atoms with E-state index >= 15 is 0 Å². The van der Waals surface area contributed by atoms with Gasteiger partial charge in [-0.15, -0.1) is 0 Å². The molecule has 1 unspecified atom stereocenters. The molecule has 9 rings (SSSR count). The first-order valence-corrected chi connectivity index (χ1v) is 15.3. The number of aromatic nitrogens is 1. The van der Waals surface area contributed by atoms with Crippen molar-refractivity contribution in [2.24, 2.45) is 9.98 Å². The summed E-state index contributed by atoms with van der Waals surface area (Å²) in [5.74, 6) is 1.47. The van der Waals surface area contributed by atoms with Gasteiger partial charge in [-0.25, -0.2) is 4.99 Å². The number of para-hydroxylation sites is 1. The minimum Gasteiger partial charge on any atom is -0.344 e. The highest BCUT2D eigenvalue weighted by Crippen LogP contribution is 2.38. The molecule has 1 aliphatic heterocycles. The van der Waals surface area contributed by atoms with Crippen molar-refractivity contribution < 1.29 is 0 Å². The lowest BCUT2D eigenvalue weighted by atomic mass is 9.95. The zero-order chi connectivity index (χ0) is 29.7. The van der Waals surface area contributed by atoms with Gasteiger partial charge in [0.25, 0.3) is 0 Å². The monoisotopic (exact) mass is 576 g/mol. The molecule has 0 amide bonds. The molecule has 0 spiro atoms. The van der Waals surface area contributed by atoms with Crippen LogP contribution in [0.4, 0.5) is 0 Å². The number of nitrogens with one attached hydrogen (secondary N) is 1. The van der Waals surface area contributed by atoms with E-state index in [0.29, 0.717) is 5.96 Å². The fourth-order valence-electron chi connectivity index (χ4n) is 6.74. The number of rotatable bonds is 3. The van der Waals surface area contributed by atoms with Crippen LogP contribution in [-0.4, -0.2) is 16.4 Å². The highest BCUT2D eigenvalue weighted by molar-refractivity contribution is 6.25. The van der Waals surface area contributed by atoms with Crippen molar-refractivity contribution in [3.8, 4) is 11.1 Å². The maximum Gasteiger partial charge on any atom is 0.234 e. The van der Waals surface area contributed by atoms with Crippen LogP contribution in [-0.2, 0) is 0 Å². The average molecular weight is 577 g/mol. The molecule has 0 fully saturated rings. The van der Waals surface area contributed by atoms with Crippen molar-refractivity contribution in [3.05, 3.63) is 169 Å². The SMILES string of the molecule is c1ccc(C2=NC(n3c4ccccc4c4c5ccc(-c6cccc7ccccc67)cc5ccc43)=NC(c3ccccc3)N2)cc1. The van der Waals surface area contributed by atoms with E-state index in [1.807, 2.05) is 24.3 Å². The number of hydrogen-bond acceptors (Lipinski definition) is 3. The first kappa shape index (κ1) is 25.5. The standard InChI is InChI=1S/C41H28N4/c1-3-13-28(14-4-1)39-42-40(29-15-5-2-6-16-29)44-41(43-39)45-36-21-10-9-19-35(36)38-34-24-22-30(26-31(34)23-25-37(38)45)33-20-11-17-27-12-7-8-18-32(27)33/h1-26,39H,(H,42,43,44). The van der Waals surface area contributed by atoms with Gasteiger partial charge in [-0.2, -0.15) is 4.99 Å². The summed E-state index contributed by atoms with van der Waals surface area (Å²) in [6.45, 7) is 0. The molecule has 212 valence electrons. The Kier molecular flexibility index (Phi) is 5.85. The second-order valence-electron chi connectivity index (χ2n) is 11.5. The highest BCUT2D eigenvalue weighted by Gasteiger charge is 2.24. The van der Waals surface area contributed by atoms with Crippen LogP contribution in [0.15, 0.2) is 168 Å². The van der Waals surface area contributed by atoms with Crippen LogP contribution in [0.25, 0.3) is 54.5 Å². The molecule has 2 heterocycles. The minimum absolute atomic E-state index is 0.270. The zero-order valence-electron chi connectivity index (χ0n) is 24.4. The van der Waals surface area contributed by atoms with E-state index in [1.165, 1.54) is 43.4 Å². The van der Waals surface area contributed by atoms with Crippen LogP contribution in [0, 0.1) is 0 Å². The largest absolute Gasteiger partial charge is 0.344 e. The zero-order valence-corrected chi connectivity index (χ0v) is 24.4. The summed E-state index contributed by atoms with van der Waals surface area (Å²) < 4.78 is 2.22. The van der Waals surface area contributed by atoms with Gasteiger partial charge in [0, 0.05) is 16.3 Å². The van der Waals surface area contributed by atoms with Gasteiger partial charge < -0.3 is 5.32 Å². The molecular weight excluding hydrogens is 548 g/mol. The number of hydrogen-bond donors (Lipinski definition) is 1. The summed E-state index contributed by atoms with van der Waals surface area (Å²) in [6.07, 6.45) is -0.270. The molecule has 0 radical (unpaired) electrons.